The molecular formula is C6H9NO2S2. The van der Waals surface area contributed by atoms with Crippen LogP contribution in [0.1, 0.15) is 6.42 Å². The molecule has 1 N–H and O–H groups in total. The molecule has 5 heteroatoms. The normalized spacial score (nSPS) is 43.2. The highest BCUT2D eigenvalue weighted by atomic mass is 32.8. The predicted octanol–water partition coefficient (Wildman–Crippen LogP) is -1.00. The second-order valence-electron chi connectivity index (χ2n) is 2.91. The number of amides is 1. The van der Waals surface area contributed by atoms with E-state index in [9.17, 15) is 9.90 Å². The Hall–Kier alpha value is -0.0000000000000000833. The molecule has 0 bridgehead atoms. The van der Waals surface area contributed by atoms with Crippen LogP contribution in [0.25, 0.3) is 0 Å². The third-order valence-electron chi connectivity index (χ3n) is 2.08. The number of β-lactam (4-membered cyclic amide) rings is 1. The van der Waals surface area contributed by atoms with Gasteiger partial charge in [-0.1, -0.05) is 9.45 Å². The van der Waals surface area contributed by atoms with Gasteiger partial charge in [0, 0.05) is 12.3 Å². The minimum absolute atomic E-state index is 0.149. The van der Waals surface area contributed by atoms with Crippen LogP contribution in [-0.4, -0.2) is 39.7 Å². The van der Waals surface area contributed by atoms with Crippen LogP contribution in [0.5, 0.6) is 0 Å². The Morgan fingerprint density at radius 2 is 2.45 bits per heavy atom. The van der Waals surface area contributed by atoms with Gasteiger partial charge in [-0.2, -0.15) is 0 Å². The molecule has 2 aliphatic heterocycles. The monoisotopic (exact) mass is 191 g/mol. The number of carbonyl (C=O) groups is 1. The van der Waals surface area contributed by atoms with Gasteiger partial charge in [0.15, 0.2) is 0 Å². The number of carbonyl (C=O) groups excluding carboxylic acids is 1. The van der Waals surface area contributed by atoms with Gasteiger partial charge in [0.1, 0.15) is 0 Å². The summed E-state index contributed by atoms with van der Waals surface area (Å²) in [6.45, 7) is 0.504. The highest BCUT2D eigenvalue weighted by Gasteiger charge is 2.42. The molecule has 2 fully saturated rings. The molecule has 2 aliphatic rings. The predicted molar refractivity (Wildman–Crippen MR) is 45.7 cm³/mol. The van der Waals surface area contributed by atoms with E-state index in [1.807, 2.05) is 0 Å². The molecular weight excluding hydrogens is 182 g/mol. The van der Waals surface area contributed by atoms with E-state index in [2.05, 4.69) is 0 Å². The van der Waals surface area contributed by atoms with Crippen molar-refractivity contribution in [2.24, 2.45) is 0 Å². The lowest BCUT2D eigenvalue weighted by molar-refractivity contribution is -0.143. The first-order valence-electron chi connectivity index (χ1n) is 3.53. The molecule has 3 nitrogen and oxygen atoms in total. The summed E-state index contributed by atoms with van der Waals surface area (Å²) in [4.78, 5) is 12.6. The van der Waals surface area contributed by atoms with Gasteiger partial charge < -0.3 is 10.0 Å². The second-order valence-corrected chi connectivity index (χ2v) is 5.83. The molecule has 3 atom stereocenters. The highest BCUT2D eigenvalue weighted by molar-refractivity contribution is 8.29. The molecule has 1 amide bonds. The van der Waals surface area contributed by atoms with Gasteiger partial charge in [-0.3, -0.25) is 4.79 Å². The number of hydrogen-bond acceptors (Lipinski definition) is 3. The summed E-state index contributed by atoms with van der Waals surface area (Å²) >= 11 is 5.14. The molecule has 0 aromatic heterocycles. The molecule has 2 saturated heterocycles. The fourth-order valence-electron chi connectivity index (χ4n) is 1.46. The minimum atomic E-state index is -0.378. The number of nitrogens with zero attached hydrogens (tertiary/aromatic N) is 1. The van der Waals surface area contributed by atoms with Crippen LogP contribution in [0, 0.1) is 0 Å². The van der Waals surface area contributed by atoms with Crippen molar-refractivity contribution in [2.45, 2.75) is 17.9 Å². The van der Waals surface area contributed by atoms with E-state index < -0.39 is 0 Å². The van der Waals surface area contributed by atoms with Gasteiger partial charge in [0.25, 0.3) is 0 Å². The number of aliphatic hydroxyl groups excluding tert-OH is 1. The lowest BCUT2D eigenvalue weighted by Crippen LogP contribution is -2.61. The first-order chi connectivity index (χ1) is 5.18. The maximum Gasteiger partial charge on any atom is 0.226 e. The average molecular weight is 191 g/mol. The van der Waals surface area contributed by atoms with Gasteiger partial charge in [-0.15, -0.1) is 0 Å². The van der Waals surface area contributed by atoms with E-state index >= 15 is 0 Å². The maximum absolute atomic E-state index is 10.9. The van der Waals surface area contributed by atoms with Crippen LogP contribution in [0.3, 0.4) is 0 Å². The minimum Gasteiger partial charge on any atom is -0.390 e. The van der Waals surface area contributed by atoms with Crippen molar-refractivity contribution >= 4 is 26.5 Å². The Kier molecular flexibility index (Phi) is 1.74. The summed E-state index contributed by atoms with van der Waals surface area (Å²) in [6, 6.07) is 0. The summed E-state index contributed by atoms with van der Waals surface area (Å²) in [7, 11) is -0.191. The quantitative estimate of drug-likeness (QED) is 0.499. The average Bonchev–Trinajstić information content (AvgIpc) is 1.93. The van der Waals surface area contributed by atoms with Crippen LogP contribution in [-0.2, 0) is 25.4 Å². The Balaban J connectivity index is 2.13. The van der Waals surface area contributed by atoms with Crippen LogP contribution in [0.2, 0.25) is 0 Å². The van der Waals surface area contributed by atoms with E-state index in [4.69, 9.17) is 11.2 Å². The first-order valence-corrected chi connectivity index (χ1v) is 5.91. The third-order valence-corrected chi connectivity index (χ3v) is 4.90. The third kappa shape index (κ3) is 1.11. The van der Waals surface area contributed by atoms with Crippen LogP contribution in [0.4, 0.5) is 0 Å². The Bertz CT molecular complexity index is 231. The largest absolute Gasteiger partial charge is 0.390 e. The van der Waals surface area contributed by atoms with E-state index in [-0.39, 0.29) is 26.8 Å². The zero-order valence-electron chi connectivity index (χ0n) is 5.90. The summed E-state index contributed by atoms with van der Waals surface area (Å²) in [6.07, 6.45) is 0.232. The van der Waals surface area contributed by atoms with E-state index in [0.717, 1.165) is 0 Å². The van der Waals surface area contributed by atoms with Gasteiger partial charge in [0.05, 0.1) is 17.9 Å². The smallest absolute Gasteiger partial charge is 0.226 e. The van der Waals surface area contributed by atoms with Crippen molar-refractivity contribution in [1.82, 2.24) is 4.90 Å². The van der Waals surface area contributed by atoms with Gasteiger partial charge in [0.2, 0.25) is 5.91 Å². The van der Waals surface area contributed by atoms with Gasteiger partial charge in [-0.25, -0.2) is 0 Å². The topological polar surface area (TPSA) is 40.5 Å². The number of fused-ring (bicyclic) bond motifs is 1. The SMILES string of the molecule is O=C1C[C@H]2N1CC(O)CS2=S. The molecule has 2 rings (SSSR count). The number of rotatable bonds is 0. The summed E-state index contributed by atoms with van der Waals surface area (Å²) in [5.74, 6) is 0.847. The van der Waals surface area contributed by atoms with Crippen molar-refractivity contribution in [3.63, 3.8) is 0 Å². The van der Waals surface area contributed by atoms with Crippen LogP contribution < -0.4 is 0 Å². The molecule has 0 aromatic rings. The fourth-order valence-corrected chi connectivity index (χ4v) is 3.97. The Labute approximate surface area is 72.0 Å². The number of aliphatic hydroxyl groups is 1. The second kappa shape index (κ2) is 2.50. The molecule has 11 heavy (non-hydrogen) atoms. The highest BCUT2D eigenvalue weighted by Crippen LogP contribution is 2.27. The Morgan fingerprint density at radius 3 is 3.09 bits per heavy atom. The summed E-state index contributed by atoms with van der Waals surface area (Å²) < 4.78 is 0. The van der Waals surface area contributed by atoms with Crippen molar-refractivity contribution in [1.29, 1.82) is 0 Å². The van der Waals surface area contributed by atoms with Crippen LogP contribution in [0.15, 0.2) is 0 Å². The number of hydrogen-bond donors (Lipinski definition) is 1. The van der Waals surface area contributed by atoms with Crippen LogP contribution >= 0.6 is 0 Å². The zero-order chi connectivity index (χ0) is 8.01. The van der Waals surface area contributed by atoms with Crippen molar-refractivity contribution in [3.05, 3.63) is 0 Å². The first kappa shape index (κ1) is 7.64. The zero-order valence-corrected chi connectivity index (χ0v) is 7.53. The molecule has 0 spiro atoms. The fraction of sp³-hybridized carbons (Fsp3) is 0.833. The van der Waals surface area contributed by atoms with E-state index in [1.54, 1.807) is 4.90 Å². The lowest BCUT2D eigenvalue weighted by Gasteiger charge is -2.46. The van der Waals surface area contributed by atoms with E-state index in [0.29, 0.717) is 18.7 Å². The maximum atomic E-state index is 10.9. The van der Waals surface area contributed by atoms with E-state index in [1.165, 1.54) is 0 Å². The standard InChI is InChI=1S/C6H9NO2S2/c8-4-2-7-5(9)1-6(7)11(10)3-4/h4,6,8H,1-3H2/t4?,6-,11?/m0/s1. The lowest BCUT2D eigenvalue weighted by atomic mass is 10.2. The van der Waals surface area contributed by atoms with Crippen molar-refractivity contribution in [2.75, 3.05) is 12.3 Å². The van der Waals surface area contributed by atoms with Crippen molar-refractivity contribution < 1.29 is 9.90 Å². The van der Waals surface area contributed by atoms with Gasteiger partial charge in [-0.05, 0) is 11.2 Å². The summed E-state index contributed by atoms with van der Waals surface area (Å²) in [5.41, 5.74) is 0. The summed E-state index contributed by atoms with van der Waals surface area (Å²) in [5, 5.41) is 9.54. The molecule has 0 saturated carbocycles. The molecule has 2 unspecified atom stereocenters. The molecule has 0 aromatic carbocycles. The molecule has 62 valence electrons. The molecule has 2 heterocycles. The molecule has 0 radical (unpaired) electrons. The van der Waals surface area contributed by atoms with Crippen molar-refractivity contribution in [3.8, 4) is 0 Å². The molecule has 0 aliphatic carbocycles. The Morgan fingerprint density at radius 1 is 1.73 bits per heavy atom. The van der Waals surface area contributed by atoms with Gasteiger partial charge >= 0.3 is 0 Å².